The first-order valence-corrected chi connectivity index (χ1v) is 8.06. The van der Waals surface area contributed by atoms with Crippen LogP contribution >= 0.6 is 11.6 Å². The second kappa shape index (κ2) is 6.20. The van der Waals surface area contributed by atoms with Crippen LogP contribution in [0.2, 0.25) is 5.02 Å². The minimum atomic E-state index is -0.401. The van der Waals surface area contributed by atoms with E-state index in [0.29, 0.717) is 11.6 Å². The van der Waals surface area contributed by atoms with Gasteiger partial charge in [-0.05, 0) is 42.2 Å². The molecule has 2 aromatic rings. The van der Waals surface area contributed by atoms with Gasteiger partial charge in [0.1, 0.15) is 5.82 Å². The number of anilines is 1. The van der Waals surface area contributed by atoms with Gasteiger partial charge in [-0.15, -0.1) is 0 Å². The van der Waals surface area contributed by atoms with E-state index in [0.717, 1.165) is 29.8 Å². The molecule has 1 aliphatic carbocycles. The lowest BCUT2D eigenvalue weighted by molar-refractivity contribution is -0.123. The highest BCUT2D eigenvalue weighted by Gasteiger charge is 2.51. The maximum atomic E-state index is 12.6. The number of nitrogens with zero attached hydrogens (tertiary/aromatic N) is 2. The number of amides is 1. The molecule has 1 aromatic heterocycles. The lowest BCUT2D eigenvalue weighted by Crippen LogP contribution is -2.34. The van der Waals surface area contributed by atoms with Crippen molar-refractivity contribution in [2.24, 2.45) is 0 Å². The van der Waals surface area contributed by atoms with Gasteiger partial charge >= 0.3 is 0 Å². The van der Waals surface area contributed by atoms with Gasteiger partial charge in [-0.3, -0.25) is 4.79 Å². The smallest absolute Gasteiger partial charge is 0.230 e. The van der Waals surface area contributed by atoms with Crippen LogP contribution in [0.5, 0.6) is 0 Å². The van der Waals surface area contributed by atoms with Crippen LogP contribution < -0.4 is 10.2 Å². The van der Waals surface area contributed by atoms with Crippen molar-refractivity contribution in [1.29, 1.82) is 0 Å². The number of nitrogens with one attached hydrogen (secondary N) is 1. The van der Waals surface area contributed by atoms with E-state index in [4.69, 9.17) is 11.6 Å². The van der Waals surface area contributed by atoms with Crippen molar-refractivity contribution >= 4 is 23.3 Å². The van der Waals surface area contributed by atoms with E-state index in [1.165, 1.54) is 0 Å². The number of carbonyl (C=O) groups is 1. The second-order valence-electron chi connectivity index (χ2n) is 6.19. The molecule has 0 bridgehead atoms. The van der Waals surface area contributed by atoms with Crippen molar-refractivity contribution in [1.82, 2.24) is 10.3 Å². The van der Waals surface area contributed by atoms with Crippen molar-refractivity contribution in [3.63, 3.8) is 0 Å². The van der Waals surface area contributed by atoms with Gasteiger partial charge in [0.05, 0.1) is 5.41 Å². The van der Waals surface area contributed by atoms with Gasteiger partial charge in [0, 0.05) is 31.9 Å². The van der Waals surface area contributed by atoms with Crippen molar-refractivity contribution in [2.45, 2.75) is 24.8 Å². The van der Waals surface area contributed by atoms with Crippen molar-refractivity contribution < 1.29 is 4.79 Å². The molecular weight excluding hydrogens is 310 g/mol. The Morgan fingerprint density at radius 1 is 1.30 bits per heavy atom. The van der Waals surface area contributed by atoms with Crippen LogP contribution in [-0.4, -0.2) is 25.0 Å². The highest BCUT2D eigenvalue weighted by Crippen LogP contribution is 2.48. The second-order valence-corrected chi connectivity index (χ2v) is 6.63. The molecule has 1 fully saturated rings. The van der Waals surface area contributed by atoms with Gasteiger partial charge in [-0.25, -0.2) is 4.98 Å². The number of benzene rings is 1. The number of rotatable bonds is 5. The molecule has 1 heterocycles. The molecule has 0 unspecified atom stereocenters. The highest BCUT2D eigenvalue weighted by atomic mass is 35.5. The number of aromatic nitrogens is 1. The Labute approximate surface area is 141 Å². The maximum absolute atomic E-state index is 12.6. The molecule has 1 saturated carbocycles. The van der Waals surface area contributed by atoms with Gasteiger partial charge in [0.25, 0.3) is 0 Å². The molecule has 5 heteroatoms. The van der Waals surface area contributed by atoms with E-state index in [2.05, 4.69) is 10.3 Å². The minimum absolute atomic E-state index is 0.0662. The number of pyridine rings is 1. The Hall–Kier alpha value is -2.07. The summed E-state index contributed by atoms with van der Waals surface area (Å²) < 4.78 is 0. The van der Waals surface area contributed by atoms with Gasteiger partial charge in [0.15, 0.2) is 0 Å². The molecular formula is C18H20ClN3O. The molecule has 1 amide bonds. The van der Waals surface area contributed by atoms with E-state index >= 15 is 0 Å². The fraction of sp³-hybridized carbons (Fsp3) is 0.333. The summed E-state index contributed by atoms with van der Waals surface area (Å²) in [4.78, 5) is 18.9. The lowest BCUT2D eigenvalue weighted by atomic mass is 9.95. The van der Waals surface area contributed by atoms with E-state index in [1.807, 2.05) is 55.4 Å². The van der Waals surface area contributed by atoms with Crippen molar-refractivity contribution in [3.05, 3.63) is 58.7 Å². The number of hydrogen-bond acceptors (Lipinski definition) is 3. The summed E-state index contributed by atoms with van der Waals surface area (Å²) in [5, 5.41) is 3.70. The third-order valence-corrected chi connectivity index (χ3v) is 4.52. The number of hydrogen-bond donors (Lipinski definition) is 1. The zero-order valence-electron chi connectivity index (χ0n) is 13.3. The Balaban J connectivity index is 1.65. The van der Waals surface area contributed by atoms with E-state index in [9.17, 15) is 4.79 Å². The monoisotopic (exact) mass is 329 g/mol. The third-order valence-electron chi connectivity index (χ3n) is 4.28. The van der Waals surface area contributed by atoms with E-state index in [1.54, 1.807) is 6.20 Å². The third kappa shape index (κ3) is 3.32. The maximum Gasteiger partial charge on any atom is 0.230 e. The molecule has 1 N–H and O–H groups in total. The minimum Gasteiger partial charge on any atom is -0.363 e. The first-order chi connectivity index (χ1) is 11.0. The van der Waals surface area contributed by atoms with Crippen LogP contribution in [0.15, 0.2) is 42.6 Å². The molecule has 1 aliphatic rings. The topological polar surface area (TPSA) is 45.2 Å². The Morgan fingerprint density at radius 3 is 2.65 bits per heavy atom. The fourth-order valence-electron chi connectivity index (χ4n) is 2.70. The lowest BCUT2D eigenvalue weighted by Gasteiger charge is -2.16. The van der Waals surface area contributed by atoms with Crippen LogP contribution in [0.25, 0.3) is 0 Å². The standard InChI is InChI=1S/C18H20ClN3O/c1-22(2)16-7-6-13(11-20-16)12-21-17(23)18(8-9-18)14-4-3-5-15(19)10-14/h3-7,10-11H,8-9,12H2,1-2H3,(H,21,23). The van der Waals surface area contributed by atoms with Gasteiger partial charge in [-0.2, -0.15) is 0 Å². The van der Waals surface area contributed by atoms with Crippen LogP contribution in [-0.2, 0) is 16.8 Å². The molecule has 120 valence electrons. The van der Waals surface area contributed by atoms with Gasteiger partial charge < -0.3 is 10.2 Å². The molecule has 0 radical (unpaired) electrons. The van der Waals surface area contributed by atoms with Crippen LogP contribution in [0, 0.1) is 0 Å². The van der Waals surface area contributed by atoms with Crippen LogP contribution in [0.1, 0.15) is 24.0 Å². The summed E-state index contributed by atoms with van der Waals surface area (Å²) in [6.45, 7) is 0.488. The number of carbonyl (C=O) groups excluding carboxylic acids is 1. The molecule has 4 nitrogen and oxygen atoms in total. The van der Waals surface area contributed by atoms with Crippen LogP contribution in [0.3, 0.4) is 0 Å². The van der Waals surface area contributed by atoms with E-state index in [-0.39, 0.29) is 5.91 Å². The molecule has 0 atom stereocenters. The molecule has 0 aliphatic heterocycles. The summed E-state index contributed by atoms with van der Waals surface area (Å²) in [5.74, 6) is 0.967. The Bertz CT molecular complexity index is 708. The molecule has 1 aromatic carbocycles. The fourth-order valence-corrected chi connectivity index (χ4v) is 2.89. The Kier molecular flexibility index (Phi) is 4.26. The first-order valence-electron chi connectivity index (χ1n) is 7.68. The SMILES string of the molecule is CN(C)c1ccc(CNC(=O)C2(c3cccc(Cl)c3)CC2)cn1. The molecule has 23 heavy (non-hydrogen) atoms. The van der Waals surface area contributed by atoms with Gasteiger partial charge in [-0.1, -0.05) is 29.8 Å². The normalized spacial score (nSPS) is 15.1. The average molecular weight is 330 g/mol. The molecule has 3 rings (SSSR count). The number of halogens is 1. The van der Waals surface area contributed by atoms with Crippen molar-refractivity contribution in [2.75, 3.05) is 19.0 Å². The molecule has 0 saturated heterocycles. The predicted octanol–water partition coefficient (Wildman–Crippen LogP) is 3.15. The van der Waals surface area contributed by atoms with Crippen molar-refractivity contribution in [3.8, 4) is 0 Å². The van der Waals surface area contributed by atoms with E-state index < -0.39 is 5.41 Å². The summed E-state index contributed by atoms with van der Waals surface area (Å²) in [5.41, 5.74) is 1.59. The average Bonchev–Trinajstić information content (AvgIpc) is 3.35. The van der Waals surface area contributed by atoms with Crippen LogP contribution in [0.4, 0.5) is 5.82 Å². The summed E-state index contributed by atoms with van der Waals surface area (Å²) in [6, 6.07) is 11.5. The summed E-state index contributed by atoms with van der Waals surface area (Å²) in [7, 11) is 3.90. The highest BCUT2D eigenvalue weighted by molar-refractivity contribution is 6.30. The Morgan fingerprint density at radius 2 is 2.09 bits per heavy atom. The first kappa shape index (κ1) is 15.8. The van der Waals surface area contributed by atoms with Gasteiger partial charge in [0.2, 0.25) is 5.91 Å². The zero-order chi connectivity index (χ0) is 16.4. The quantitative estimate of drug-likeness (QED) is 0.916. The zero-order valence-corrected chi connectivity index (χ0v) is 14.1. The molecule has 0 spiro atoms. The predicted molar refractivity (Wildman–Crippen MR) is 92.8 cm³/mol. The summed E-state index contributed by atoms with van der Waals surface area (Å²) >= 11 is 6.05. The summed E-state index contributed by atoms with van der Waals surface area (Å²) in [6.07, 6.45) is 3.54. The largest absolute Gasteiger partial charge is 0.363 e.